The van der Waals surface area contributed by atoms with Crippen molar-refractivity contribution in [2.75, 3.05) is 0 Å². The Hall–Kier alpha value is -1.14. The molecule has 4 atom stereocenters. The van der Waals surface area contributed by atoms with E-state index < -0.39 is 23.4 Å². The molecule has 2 aliphatic rings. The third-order valence-corrected chi connectivity index (χ3v) is 3.34. The van der Waals surface area contributed by atoms with Crippen LogP contribution in [-0.2, 0) is 9.59 Å². The number of carbonyl (C=O) groups is 2. The first-order valence-electron chi connectivity index (χ1n) is 4.23. The SMILES string of the molecule is N[C@@]1(C(=O)O)CC[C@H]2[C@H](C(=O)O)[C@H]21.O. The van der Waals surface area contributed by atoms with Crippen LogP contribution in [0.25, 0.3) is 0 Å². The van der Waals surface area contributed by atoms with Crippen LogP contribution in [-0.4, -0.2) is 33.2 Å². The third-order valence-electron chi connectivity index (χ3n) is 3.34. The molecule has 0 heterocycles. The number of carboxylic acid groups (broad SMARTS) is 2. The molecule has 14 heavy (non-hydrogen) atoms. The highest BCUT2D eigenvalue weighted by Crippen LogP contribution is 2.61. The zero-order valence-corrected chi connectivity index (χ0v) is 7.43. The lowest BCUT2D eigenvalue weighted by Crippen LogP contribution is -2.49. The maximum absolute atomic E-state index is 10.8. The Kier molecular flexibility index (Phi) is 2.29. The van der Waals surface area contributed by atoms with Crippen LogP contribution in [0.4, 0.5) is 0 Å². The molecule has 0 aromatic rings. The predicted molar refractivity (Wildman–Crippen MR) is 45.5 cm³/mol. The van der Waals surface area contributed by atoms with Crippen molar-refractivity contribution < 1.29 is 25.3 Å². The van der Waals surface area contributed by atoms with Crippen molar-refractivity contribution in [1.82, 2.24) is 0 Å². The summed E-state index contributed by atoms with van der Waals surface area (Å²) in [4.78, 5) is 21.4. The Labute approximate surface area is 80.0 Å². The normalized spacial score (nSPS) is 43.6. The van der Waals surface area contributed by atoms with Crippen LogP contribution in [0.5, 0.6) is 0 Å². The van der Waals surface area contributed by atoms with Gasteiger partial charge in [-0.05, 0) is 18.8 Å². The molecule has 0 aromatic carbocycles. The Morgan fingerprint density at radius 2 is 1.93 bits per heavy atom. The fourth-order valence-electron chi connectivity index (χ4n) is 2.59. The highest BCUT2D eigenvalue weighted by Gasteiger charge is 2.69. The molecule has 0 unspecified atom stereocenters. The first-order chi connectivity index (χ1) is 5.98. The van der Waals surface area contributed by atoms with Crippen LogP contribution in [0.2, 0.25) is 0 Å². The molecule has 0 amide bonds. The summed E-state index contributed by atoms with van der Waals surface area (Å²) in [5.74, 6) is -2.84. The van der Waals surface area contributed by atoms with Gasteiger partial charge in [-0.3, -0.25) is 9.59 Å². The van der Waals surface area contributed by atoms with E-state index in [0.29, 0.717) is 12.8 Å². The quantitative estimate of drug-likeness (QED) is 0.512. The summed E-state index contributed by atoms with van der Waals surface area (Å²) in [5, 5.41) is 17.6. The zero-order chi connectivity index (χ0) is 9.80. The van der Waals surface area contributed by atoms with Crippen LogP contribution in [0.1, 0.15) is 12.8 Å². The Morgan fingerprint density at radius 3 is 2.29 bits per heavy atom. The van der Waals surface area contributed by atoms with Crippen LogP contribution in [0.15, 0.2) is 0 Å². The van der Waals surface area contributed by atoms with Crippen molar-refractivity contribution in [3.05, 3.63) is 0 Å². The van der Waals surface area contributed by atoms with E-state index >= 15 is 0 Å². The summed E-state index contributed by atoms with van der Waals surface area (Å²) in [7, 11) is 0. The monoisotopic (exact) mass is 203 g/mol. The molecule has 0 aromatic heterocycles. The number of hydrogen-bond donors (Lipinski definition) is 3. The number of fused-ring (bicyclic) bond motifs is 1. The second-order valence-corrected chi connectivity index (χ2v) is 3.94. The molecule has 6 heteroatoms. The van der Waals surface area contributed by atoms with Gasteiger partial charge in [0, 0.05) is 5.92 Å². The van der Waals surface area contributed by atoms with Gasteiger partial charge in [0.05, 0.1) is 5.92 Å². The molecule has 2 saturated carbocycles. The summed E-state index contributed by atoms with van der Waals surface area (Å²) >= 11 is 0. The molecule has 80 valence electrons. The lowest BCUT2D eigenvalue weighted by atomic mass is 9.92. The highest BCUT2D eigenvalue weighted by atomic mass is 16.4. The molecule has 2 aliphatic carbocycles. The fraction of sp³-hybridized carbons (Fsp3) is 0.750. The van der Waals surface area contributed by atoms with E-state index in [9.17, 15) is 9.59 Å². The molecule has 2 fully saturated rings. The molecule has 0 saturated heterocycles. The summed E-state index contributed by atoms with van der Waals surface area (Å²) < 4.78 is 0. The largest absolute Gasteiger partial charge is 0.481 e. The average Bonchev–Trinajstić information content (AvgIpc) is 2.66. The van der Waals surface area contributed by atoms with Crippen LogP contribution in [0.3, 0.4) is 0 Å². The minimum Gasteiger partial charge on any atom is -0.481 e. The number of rotatable bonds is 2. The molecular formula is C8H13NO5. The van der Waals surface area contributed by atoms with E-state index in [0.717, 1.165) is 0 Å². The predicted octanol–water partition coefficient (Wildman–Crippen LogP) is -1.32. The summed E-state index contributed by atoms with van der Waals surface area (Å²) in [6, 6.07) is 0. The molecule has 0 spiro atoms. The maximum Gasteiger partial charge on any atom is 0.324 e. The number of hydrogen-bond acceptors (Lipinski definition) is 3. The molecular weight excluding hydrogens is 190 g/mol. The minimum atomic E-state index is -1.28. The molecule has 0 radical (unpaired) electrons. The number of carboxylic acids is 2. The van der Waals surface area contributed by atoms with Gasteiger partial charge < -0.3 is 21.4 Å². The fourth-order valence-corrected chi connectivity index (χ4v) is 2.59. The second kappa shape index (κ2) is 2.93. The van der Waals surface area contributed by atoms with Gasteiger partial charge in [-0.25, -0.2) is 0 Å². The topological polar surface area (TPSA) is 132 Å². The van der Waals surface area contributed by atoms with Gasteiger partial charge in [-0.15, -0.1) is 0 Å². The molecule has 6 N–H and O–H groups in total. The Morgan fingerprint density at radius 1 is 1.36 bits per heavy atom. The van der Waals surface area contributed by atoms with Gasteiger partial charge in [0.25, 0.3) is 0 Å². The maximum atomic E-state index is 10.8. The second-order valence-electron chi connectivity index (χ2n) is 3.94. The molecule has 2 rings (SSSR count). The molecule has 6 nitrogen and oxygen atoms in total. The van der Waals surface area contributed by atoms with Gasteiger partial charge in [-0.2, -0.15) is 0 Å². The van der Waals surface area contributed by atoms with E-state index in [1.165, 1.54) is 0 Å². The van der Waals surface area contributed by atoms with E-state index in [4.69, 9.17) is 15.9 Å². The summed E-state index contributed by atoms with van der Waals surface area (Å²) in [6.07, 6.45) is 1.03. The van der Waals surface area contributed by atoms with Crippen LogP contribution >= 0.6 is 0 Å². The van der Waals surface area contributed by atoms with Crippen molar-refractivity contribution in [3.8, 4) is 0 Å². The van der Waals surface area contributed by atoms with Crippen LogP contribution in [0, 0.1) is 17.8 Å². The van der Waals surface area contributed by atoms with Crippen molar-refractivity contribution in [3.63, 3.8) is 0 Å². The summed E-state index contributed by atoms with van der Waals surface area (Å²) in [6.45, 7) is 0. The van der Waals surface area contributed by atoms with Crippen molar-refractivity contribution in [2.24, 2.45) is 23.5 Å². The number of nitrogens with two attached hydrogens (primary N) is 1. The number of aliphatic carboxylic acids is 2. The molecule has 0 aliphatic heterocycles. The van der Waals surface area contributed by atoms with Crippen molar-refractivity contribution in [2.45, 2.75) is 18.4 Å². The lowest BCUT2D eigenvalue weighted by Gasteiger charge is -2.20. The van der Waals surface area contributed by atoms with E-state index in [1.807, 2.05) is 0 Å². The lowest BCUT2D eigenvalue weighted by molar-refractivity contribution is -0.145. The van der Waals surface area contributed by atoms with Gasteiger partial charge in [0.15, 0.2) is 0 Å². The van der Waals surface area contributed by atoms with Crippen molar-refractivity contribution >= 4 is 11.9 Å². The van der Waals surface area contributed by atoms with Crippen molar-refractivity contribution in [1.29, 1.82) is 0 Å². The highest BCUT2D eigenvalue weighted by molar-refractivity contribution is 5.85. The minimum absolute atomic E-state index is 0. The van der Waals surface area contributed by atoms with Gasteiger partial charge in [0.2, 0.25) is 0 Å². The third kappa shape index (κ3) is 1.11. The smallest absolute Gasteiger partial charge is 0.324 e. The van der Waals surface area contributed by atoms with E-state index in [1.54, 1.807) is 0 Å². The van der Waals surface area contributed by atoms with E-state index in [-0.39, 0.29) is 17.3 Å². The Balaban J connectivity index is 0.000000980. The molecule has 0 bridgehead atoms. The average molecular weight is 203 g/mol. The van der Waals surface area contributed by atoms with Gasteiger partial charge in [-0.1, -0.05) is 0 Å². The van der Waals surface area contributed by atoms with Crippen LogP contribution < -0.4 is 5.73 Å². The zero-order valence-electron chi connectivity index (χ0n) is 7.43. The van der Waals surface area contributed by atoms with E-state index in [2.05, 4.69) is 0 Å². The standard InChI is InChI=1S/C8H11NO4.H2O/c9-8(7(12)13)2-1-3-4(5(3)8)6(10)11;/h3-5H,1-2,9H2,(H,10,11)(H,12,13);1H2/t3-,4-,5-,8-;/m0./s1. The Bertz CT molecular complexity index is 291. The first kappa shape index (κ1) is 10.9. The first-order valence-corrected chi connectivity index (χ1v) is 4.23. The van der Waals surface area contributed by atoms with Gasteiger partial charge in [0.1, 0.15) is 5.54 Å². The summed E-state index contributed by atoms with van der Waals surface area (Å²) in [5.41, 5.74) is 4.37. The van der Waals surface area contributed by atoms with Gasteiger partial charge >= 0.3 is 11.9 Å².